The third-order valence-electron chi connectivity index (χ3n) is 3.16. The van der Waals surface area contributed by atoms with Crippen LogP contribution >= 0.6 is 34.7 Å². The van der Waals surface area contributed by atoms with Gasteiger partial charge in [0.15, 0.2) is 4.34 Å². The summed E-state index contributed by atoms with van der Waals surface area (Å²) in [5, 5.41) is 13.0. The van der Waals surface area contributed by atoms with Crippen LogP contribution in [0.25, 0.3) is 0 Å². The second-order valence-corrected chi connectivity index (χ2v) is 7.44. The van der Waals surface area contributed by atoms with E-state index < -0.39 is 0 Å². The van der Waals surface area contributed by atoms with Gasteiger partial charge in [0, 0.05) is 18.5 Å². The lowest BCUT2D eigenvalue weighted by Gasteiger charge is -2.03. The molecule has 0 atom stereocenters. The number of methoxy groups -OCH3 is 1. The minimum Gasteiger partial charge on any atom is -0.497 e. The largest absolute Gasteiger partial charge is 0.497 e. The summed E-state index contributed by atoms with van der Waals surface area (Å²) in [7, 11) is 1.66. The van der Waals surface area contributed by atoms with Crippen LogP contribution in [-0.4, -0.2) is 22.3 Å². The fourth-order valence-corrected chi connectivity index (χ4v) is 3.69. The third-order valence-corrected chi connectivity index (χ3v) is 5.47. The molecule has 2 heterocycles. The van der Waals surface area contributed by atoms with Crippen molar-refractivity contribution in [1.29, 1.82) is 0 Å². The van der Waals surface area contributed by atoms with Crippen molar-refractivity contribution in [2.24, 2.45) is 0 Å². The standard InChI is InChI=1S/C16H15ClN4OS2/c1-22-13-5-2-11(3-6-13)8-19-15-20-21-16(24-15)23-10-12-4-7-14(17)18-9-12/h2-7,9H,8,10H2,1H3,(H,19,20). The number of hydrogen-bond donors (Lipinski definition) is 1. The summed E-state index contributed by atoms with van der Waals surface area (Å²) in [6.07, 6.45) is 1.78. The molecular weight excluding hydrogens is 364 g/mol. The zero-order chi connectivity index (χ0) is 16.8. The van der Waals surface area contributed by atoms with Crippen molar-refractivity contribution in [2.45, 2.75) is 16.6 Å². The highest BCUT2D eigenvalue weighted by Gasteiger charge is 2.05. The second kappa shape index (κ2) is 8.32. The van der Waals surface area contributed by atoms with E-state index in [0.29, 0.717) is 11.7 Å². The fraction of sp³-hybridized carbons (Fsp3) is 0.188. The van der Waals surface area contributed by atoms with E-state index in [4.69, 9.17) is 16.3 Å². The first-order valence-electron chi connectivity index (χ1n) is 7.16. The molecule has 3 rings (SSSR count). The summed E-state index contributed by atoms with van der Waals surface area (Å²) in [5.41, 5.74) is 2.26. The maximum atomic E-state index is 5.78. The number of nitrogens with one attached hydrogen (secondary N) is 1. The highest BCUT2D eigenvalue weighted by Crippen LogP contribution is 2.28. The van der Waals surface area contributed by atoms with Gasteiger partial charge >= 0.3 is 0 Å². The molecule has 124 valence electrons. The van der Waals surface area contributed by atoms with Gasteiger partial charge in [0.05, 0.1) is 7.11 Å². The zero-order valence-electron chi connectivity index (χ0n) is 12.9. The molecule has 0 saturated carbocycles. The lowest BCUT2D eigenvalue weighted by Crippen LogP contribution is -1.98. The van der Waals surface area contributed by atoms with Crippen LogP contribution in [0, 0.1) is 0 Å². The number of pyridine rings is 1. The van der Waals surface area contributed by atoms with E-state index >= 15 is 0 Å². The van der Waals surface area contributed by atoms with Crippen LogP contribution in [0.2, 0.25) is 5.15 Å². The van der Waals surface area contributed by atoms with Gasteiger partial charge in [-0.05, 0) is 29.3 Å². The minimum atomic E-state index is 0.504. The van der Waals surface area contributed by atoms with Crippen molar-refractivity contribution in [3.8, 4) is 5.75 Å². The molecule has 0 amide bonds. The molecule has 0 bridgehead atoms. The van der Waals surface area contributed by atoms with E-state index in [0.717, 1.165) is 32.1 Å². The first-order valence-corrected chi connectivity index (χ1v) is 9.34. The average molecular weight is 379 g/mol. The molecule has 8 heteroatoms. The quantitative estimate of drug-likeness (QED) is 0.482. The third kappa shape index (κ3) is 4.83. The van der Waals surface area contributed by atoms with Crippen LogP contribution in [0.5, 0.6) is 5.75 Å². The minimum absolute atomic E-state index is 0.504. The van der Waals surface area contributed by atoms with Crippen molar-refractivity contribution in [1.82, 2.24) is 15.2 Å². The first-order chi connectivity index (χ1) is 11.7. The van der Waals surface area contributed by atoms with Gasteiger partial charge in [-0.25, -0.2) is 4.98 Å². The number of nitrogens with zero attached hydrogens (tertiary/aromatic N) is 3. The Morgan fingerprint density at radius 2 is 1.92 bits per heavy atom. The Hall–Kier alpha value is -1.83. The van der Waals surface area contributed by atoms with Crippen LogP contribution in [0.15, 0.2) is 46.9 Å². The molecule has 0 aliphatic rings. The van der Waals surface area contributed by atoms with E-state index in [9.17, 15) is 0 Å². The van der Waals surface area contributed by atoms with Crippen molar-refractivity contribution in [3.63, 3.8) is 0 Å². The molecule has 3 aromatic rings. The van der Waals surface area contributed by atoms with E-state index in [1.54, 1.807) is 42.5 Å². The molecule has 0 saturated heterocycles. The van der Waals surface area contributed by atoms with Crippen LogP contribution < -0.4 is 10.1 Å². The van der Waals surface area contributed by atoms with E-state index in [2.05, 4.69) is 20.5 Å². The van der Waals surface area contributed by atoms with E-state index in [-0.39, 0.29) is 0 Å². The molecule has 2 aromatic heterocycles. The Bertz CT molecular complexity index is 778. The number of thioether (sulfide) groups is 1. The van der Waals surface area contributed by atoms with Crippen molar-refractivity contribution >= 4 is 39.8 Å². The normalized spacial score (nSPS) is 10.6. The van der Waals surface area contributed by atoms with Gasteiger partial charge in [-0.3, -0.25) is 0 Å². The summed E-state index contributed by atoms with van der Waals surface area (Å²) in [6.45, 7) is 0.699. The predicted molar refractivity (Wildman–Crippen MR) is 99.0 cm³/mol. The number of ether oxygens (including phenoxy) is 1. The molecule has 0 fully saturated rings. The summed E-state index contributed by atoms with van der Waals surface area (Å²) >= 11 is 8.95. The monoisotopic (exact) mass is 378 g/mol. The summed E-state index contributed by atoms with van der Waals surface area (Å²) in [6, 6.07) is 11.7. The molecule has 0 aliphatic carbocycles. The van der Waals surface area contributed by atoms with Crippen molar-refractivity contribution in [2.75, 3.05) is 12.4 Å². The predicted octanol–water partition coefficient (Wildman–Crippen LogP) is 4.50. The van der Waals surface area contributed by atoms with Crippen molar-refractivity contribution < 1.29 is 4.74 Å². The summed E-state index contributed by atoms with van der Waals surface area (Å²) in [5.74, 6) is 1.64. The number of anilines is 1. The van der Waals surface area contributed by atoms with Gasteiger partial charge in [-0.2, -0.15) is 0 Å². The molecule has 0 unspecified atom stereocenters. The van der Waals surface area contributed by atoms with Crippen LogP contribution in [0.1, 0.15) is 11.1 Å². The van der Waals surface area contributed by atoms with E-state index in [1.165, 1.54) is 0 Å². The number of aromatic nitrogens is 3. The smallest absolute Gasteiger partial charge is 0.206 e. The van der Waals surface area contributed by atoms with Gasteiger partial charge < -0.3 is 10.1 Å². The summed E-state index contributed by atoms with van der Waals surface area (Å²) in [4.78, 5) is 4.07. The lowest BCUT2D eigenvalue weighted by molar-refractivity contribution is 0.414. The maximum absolute atomic E-state index is 5.78. The molecular formula is C16H15ClN4OS2. The highest BCUT2D eigenvalue weighted by atomic mass is 35.5. The van der Waals surface area contributed by atoms with Gasteiger partial charge in [-0.15, -0.1) is 10.2 Å². The Balaban J connectivity index is 1.50. The Kier molecular flexibility index (Phi) is 5.90. The molecule has 0 aliphatic heterocycles. The maximum Gasteiger partial charge on any atom is 0.206 e. The van der Waals surface area contributed by atoms with Crippen LogP contribution in [-0.2, 0) is 12.3 Å². The number of benzene rings is 1. The molecule has 1 aromatic carbocycles. The number of halogens is 1. The lowest BCUT2D eigenvalue weighted by atomic mass is 10.2. The Morgan fingerprint density at radius 3 is 2.62 bits per heavy atom. The van der Waals surface area contributed by atoms with Gasteiger partial charge in [-0.1, -0.05) is 52.9 Å². The second-order valence-electron chi connectivity index (χ2n) is 4.85. The summed E-state index contributed by atoms with van der Waals surface area (Å²) < 4.78 is 6.07. The zero-order valence-corrected chi connectivity index (χ0v) is 15.3. The molecule has 24 heavy (non-hydrogen) atoms. The van der Waals surface area contributed by atoms with Crippen LogP contribution in [0.3, 0.4) is 0 Å². The Labute approximate surface area is 153 Å². The average Bonchev–Trinajstić information content (AvgIpc) is 3.08. The molecule has 1 N–H and O–H groups in total. The van der Waals surface area contributed by atoms with Crippen LogP contribution in [0.4, 0.5) is 5.13 Å². The number of rotatable bonds is 7. The molecule has 5 nitrogen and oxygen atoms in total. The topological polar surface area (TPSA) is 59.9 Å². The molecule has 0 radical (unpaired) electrons. The SMILES string of the molecule is COc1ccc(CNc2nnc(SCc3ccc(Cl)nc3)s2)cc1. The first kappa shape index (κ1) is 17.0. The fourth-order valence-electron chi connectivity index (χ4n) is 1.90. The van der Waals surface area contributed by atoms with Gasteiger partial charge in [0.2, 0.25) is 5.13 Å². The molecule has 0 spiro atoms. The van der Waals surface area contributed by atoms with Gasteiger partial charge in [0.1, 0.15) is 10.9 Å². The van der Waals surface area contributed by atoms with Crippen molar-refractivity contribution in [3.05, 3.63) is 58.9 Å². The van der Waals surface area contributed by atoms with E-state index in [1.807, 2.05) is 30.3 Å². The highest BCUT2D eigenvalue weighted by molar-refractivity contribution is 8.00. The van der Waals surface area contributed by atoms with Gasteiger partial charge in [0.25, 0.3) is 0 Å². The number of hydrogen-bond acceptors (Lipinski definition) is 7. The Morgan fingerprint density at radius 1 is 1.12 bits per heavy atom.